The maximum Gasteiger partial charge on any atom is 0.416 e. The summed E-state index contributed by atoms with van der Waals surface area (Å²) in [6.07, 6.45) is 0.408. The van der Waals surface area contributed by atoms with Crippen molar-refractivity contribution in [3.63, 3.8) is 0 Å². The third-order valence-electron chi connectivity index (χ3n) is 4.23. The number of hydrogen-bond acceptors (Lipinski definition) is 1. The highest BCUT2D eigenvalue weighted by Gasteiger charge is 2.32. The van der Waals surface area contributed by atoms with Gasteiger partial charge in [0.25, 0.3) is 0 Å². The zero-order chi connectivity index (χ0) is 14.6. The number of likely N-dealkylation sites (N-methyl/N-ethyl adjacent to an activating group) is 1. The van der Waals surface area contributed by atoms with Gasteiger partial charge in [-0.3, -0.25) is 0 Å². The van der Waals surface area contributed by atoms with E-state index in [-0.39, 0.29) is 5.92 Å². The highest BCUT2D eigenvalue weighted by atomic mass is 19.4. The first-order valence-corrected chi connectivity index (χ1v) is 7.40. The van der Waals surface area contributed by atoms with Gasteiger partial charge in [-0.1, -0.05) is 38.0 Å². The first-order valence-electron chi connectivity index (χ1n) is 7.40. The molecule has 0 amide bonds. The minimum atomic E-state index is -4.26. The Balaban J connectivity index is 2.23. The summed E-state index contributed by atoms with van der Waals surface area (Å²) in [5.74, 6) is 0.706. The molecule has 0 spiro atoms. The standard InChI is InChI=1S/C16H22F3N/c1-2-20-11-15(12-6-3-4-7-12)13-8-5-9-14(10-13)16(17,18)19/h5,8-10,12,15,20H,2-4,6-7,11H2,1H3. The van der Waals surface area contributed by atoms with E-state index in [4.69, 9.17) is 0 Å². The number of alkyl halides is 3. The number of rotatable bonds is 5. The van der Waals surface area contributed by atoms with Crippen LogP contribution in [0.25, 0.3) is 0 Å². The van der Waals surface area contributed by atoms with E-state index < -0.39 is 11.7 Å². The Kier molecular flexibility index (Phi) is 5.08. The number of benzene rings is 1. The highest BCUT2D eigenvalue weighted by molar-refractivity contribution is 5.29. The second-order valence-electron chi connectivity index (χ2n) is 5.58. The Morgan fingerprint density at radius 2 is 1.95 bits per heavy atom. The van der Waals surface area contributed by atoms with Crippen molar-refractivity contribution >= 4 is 0 Å². The van der Waals surface area contributed by atoms with Gasteiger partial charge in [0.15, 0.2) is 0 Å². The van der Waals surface area contributed by atoms with E-state index in [9.17, 15) is 13.2 Å². The van der Waals surface area contributed by atoms with Crippen LogP contribution in [-0.4, -0.2) is 13.1 Å². The van der Waals surface area contributed by atoms with E-state index in [1.54, 1.807) is 0 Å². The average molecular weight is 285 g/mol. The van der Waals surface area contributed by atoms with E-state index in [0.29, 0.717) is 5.92 Å². The minimum Gasteiger partial charge on any atom is -0.316 e. The van der Waals surface area contributed by atoms with Gasteiger partial charge in [0.1, 0.15) is 0 Å². The van der Waals surface area contributed by atoms with Crippen LogP contribution >= 0.6 is 0 Å². The zero-order valence-corrected chi connectivity index (χ0v) is 11.8. The van der Waals surface area contributed by atoms with Crippen LogP contribution in [0.1, 0.15) is 49.7 Å². The predicted octanol–water partition coefficient (Wildman–Crippen LogP) is 4.59. The zero-order valence-electron chi connectivity index (χ0n) is 11.8. The normalized spacial score (nSPS) is 18.4. The molecule has 1 aliphatic rings. The van der Waals surface area contributed by atoms with E-state index in [0.717, 1.165) is 37.6 Å². The van der Waals surface area contributed by atoms with Crippen LogP contribution < -0.4 is 5.32 Å². The average Bonchev–Trinajstić information content (AvgIpc) is 2.92. The monoisotopic (exact) mass is 285 g/mol. The molecule has 1 aromatic rings. The summed E-state index contributed by atoms with van der Waals surface area (Å²) in [6, 6.07) is 5.87. The Morgan fingerprint density at radius 3 is 2.55 bits per heavy atom. The summed E-state index contributed by atoms with van der Waals surface area (Å²) in [5, 5.41) is 3.30. The minimum absolute atomic E-state index is 0.194. The molecule has 112 valence electrons. The molecule has 2 rings (SSSR count). The maximum atomic E-state index is 12.8. The second-order valence-corrected chi connectivity index (χ2v) is 5.58. The summed E-state index contributed by atoms with van der Waals surface area (Å²) in [7, 11) is 0. The van der Waals surface area contributed by atoms with E-state index >= 15 is 0 Å². The molecule has 1 N–H and O–H groups in total. The fourth-order valence-corrected chi connectivity index (χ4v) is 3.16. The second kappa shape index (κ2) is 6.61. The molecule has 0 aliphatic heterocycles. The lowest BCUT2D eigenvalue weighted by atomic mass is 9.84. The van der Waals surface area contributed by atoms with Crippen molar-refractivity contribution in [3.05, 3.63) is 35.4 Å². The molecule has 1 atom stereocenters. The van der Waals surface area contributed by atoms with Crippen LogP contribution in [0, 0.1) is 5.92 Å². The van der Waals surface area contributed by atoms with Gasteiger partial charge in [-0.2, -0.15) is 13.2 Å². The first-order chi connectivity index (χ1) is 9.52. The lowest BCUT2D eigenvalue weighted by molar-refractivity contribution is -0.137. The summed E-state index contributed by atoms with van der Waals surface area (Å²) in [5.41, 5.74) is 0.294. The van der Waals surface area contributed by atoms with Gasteiger partial charge in [-0.05, 0) is 42.9 Å². The summed E-state index contributed by atoms with van der Waals surface area (Å²) in [4.78, 5) is 0. The number of nitrogens with one attached hydrogen (secondary N) is 1. The van der Waals surface area contributed by atoms with Crippen molar-refractivity contribution in [3.8, 4) is 0 Å². The summed E-state index contributed by atoms with van der Waals surface area (Å²) in [6.45, 7) is 3.64. The first kappa shape index (κ1) is 15.4. The van der Waals surface area contributed by atoms with Gasteiger partial charge in [0.05, 0.1) is 5.56 Å². The molecule has 20 heavy (non-hydrogen) atoms. The van der Waals surface area contributed by atoms with Crippen LogP contribution in [0.3, 0.4) is 0 Å². The molecular weight excluding hydrogens is 263 g/mol. The summed E-state index contributed by atoms with van der Waals surface area (Å²) >= 11 is 0. The Bertz CT molecular complexity index is 422. The molecule has 1 saturated carbocycles. The molecule has 1 nitrogen and oxygen atoms in total. The molecule has 0 saturated heterocycles. The topological polar surface area (TPSA) is 12.0 Å². The predicted molar refractivity (Wildman–Crippen MR) is 74.7 cm³/mol. The van der Waals surface area contributed by atoms with Gasteiger partial charge in [-0.15, -0.1) is 0 Å². The summed E-state index contributed by atoms with van der Waals surface area (Å²) < 4.78 is 38.5. The smallest absolute Gasteiger partial charge is 0.316 e. The van der Waals surface area contributed by atoms with Crippen molar-refractivity contribution in [1.82, 2.24) is 5.32 Å². The van der Waals surface area contributed by atoms with E-state index in [2.05, 4.69) is 5.32 Å². The van der Waals surface area contributed by atoms with Crippen LogP contribution in [0.2, 0.25) is 0 Å². The van der Waals surface area contributed by atoms with Gasteiger partial charge in [0.2, 0.25) is 0 Å². The van der Waals surface area contributed by atoms with Gasteiger partial charge < -0.3 is 5.32 Å². The van der Waals surface area contributed by atoms with Crippen molar-refractivity contribution in [2.45, 2.75) is 44.7 Å². The van der Waals surface area contributed by atoms with Crippen LogP contribution in [0.4, 0.5) is 13.2 Å². The van der Waals surface area contributed by atoms with Crippen molar-refractivity contribution in [1.29, 1.82) is 0 Å². The lowest BCUT2D eigenvalue weighted by Crippen LogP contribution is -2.26. The van der Waals surface area contributed by atoms with Crippen LogP contribution in [0.15, 0.2) is 24.3 Å². The molecular formula is C16H22F3N. The molecule has 1 unspecified atom stereocenters. The maximum absolute atomic E-state index is 12.8. The molecule has 1 aromatic carbocycles. The van der Waals surface area contributed by atoms with Crippen molar-refractivity contribution < 1.29 is 13.2 Å². The van der Waals surface area contributed by atoms with Crippen molar-refractivity contribution in [2.75, 3.05) is 13.1 Å². The Morgan fingerprint density at radius 1 is 1.25 bits per heavy atom. The molecule has 4 heteroatoms. The SMILES string of the molecule is CCNCC(c1cccc(C(F)(F)F)c1)C1CCCC1. The van der Waals surface area contributed by atoms with Gasteiger partial charge in [0, 0.05) is 6.54 Å². The Hall–Kier alpha value is -1.03. The third kappa shape index (κ3) is 3.75. The van der Waals surface area contributed by atoms with Gasteiger partial charge >= 0.3 is 6.18 Å². The fourth-order valence-electron chi connectivity index (χ4n) is 3.16. The lowest BCUT2D eigenvalue weighted by Gasteiger charge is -2.25. The van der Waals surface area contributed by atoms with Crippen LogP contribution in [0.5, 0.6) is 0 Å². The highest BCUT2D eigenvalue weighted by Crippen LogP contribution is 2.38. The molecule has 0 bridgehead atoms. The van der Waals surface area contributed by atoms with E-state index in [1.165, 1.54) is 25.0 Å². The molecule has 1 fully saturated rings. The molecule has 0 heterocycles. The number of halogens is 3. The fraction of sp³-hybridized carbons (Fsp3) is 0.625. The third-order valence-corrected chi connectivity index (χ3v) is 4.23. The van der Waals surface area contributed by atoms with Crippen molar-refractivity contribution in [2.24, 2.45) is 5.92 Å². The molecule has 1 aliphatic carbocycles. The molecule has 0 radical (unpaired) electrons. The van der Waals surface area contributed by atoms with Crippen LogP contribution in [-0.2, 0) is 6.18 Å². The largest absolute Gasteiger partial charge is 0.416 e. The van der Waals surface area contributed by atoms with E-state index in [1.807, 2.05) is 13.0 Å². The molecule has 0 aromatic heterocycles. The van der Waals surface area contributed by atoms with Gasteiger partial charge in [-0.25, -0.2) is 0 Å². The number of hydrogen-bond donors (Lipinski definition) is 1. The Labute approximate surface area is 118 Å². The quantitative estimate of drug-likeness (QED) is 0.834.